The van der Waals surface area contributed by atoms with Crippen LogP contribution in [0, 0.1) is 0 Å². The lowest BCUT2D eigenvalue weighted by atomic mass is 9.39. The van der Waals surface area contributed by atoms with Gasteiger partial charge in [-0.25, -0.2) is 0 Å². The molecule has 2 bridgehead atoms. The van der Waals surface area contributed by atoms with Crippen molar-refractivity contribution >= 4 is 5.91 Å². The predicted molar refractivity (Wildman–Crippen MR) is 97.9 cm³/mol. The molecular weight excluding hydrogens is 476 g/mol. The first-order valence-corrected chi connectivity index (χ1v) is 10.4. The molecule has 0 aliphatic heterocycles. The molecule has 4 aliphatic carbocycles. The van der Waals surface area contributed by atoms with Crippen LogP contribution in [0.3, 0.4) is 0 Å². The van der Waals surface area contributed by atoms with Gasteiger partial charge in [-0.3, -0.25) is 14.2 Å². The number of carbonyl (C=O) groups is 1. The minimum atomic E-state index is -4.68. The van der Waals surface area contributed by atoms with Crippen LogP contribution in [0.5, 0.6) is 0 Å². The van der Waals surface area contributed by atoms with E-state index in [9.17, 15) is 31.1 Å². The average Bonchev–Trinajstić information content (AvgIpc) is 3.25. The minimum absolute atomic E-state index is 0.0629. The van der Waals surface area contributed by atoms with Gasteiger partial charge in [-0.05, 0) is 19.3 Å². The fraction of sp³-hybridized carbons (Fsp3) is 0.684. The molecule has 0 spiro atoms. The van der Waals surface area contributed by atoms with E-state index in [-0.39, 0.29) is 36.8 Å². The highest BCUT2D eigenvalue weighted by atomic mass is 19.4. The Balaban J connectivity index is 1.07. The Labute approximate surface area is 187 Å². The van der Waals surface area contributed by atoms with Crippen LogP contribution in [0.25, 0.3) is 11.5 Å². The van der Waals surface area contributed by atoms with Gasteiger partial charge in [0.05, 0.1) is 29.4 Å². The number of aromatic nitrogens is 4. The summed E-state index contributed by atoms with van der Waals surface area (Å²) in [7, 11) is 0. The number of nitrogens with zero attached hydrogens (tertiary/aromatic N) is 4. The van der Waals surface area contributed by atoms with Crippen molar-refractivity contribution < 1.29 is 45.0 Å². The van der Waals surface area contributed by atoms with Gasteiger partial charge in [0.15, 0.2) is 0 Å². The summed E-state index contributed by atoms with van der Waals surface area (Å²) in [5, 5.41) is 14.5. The summed E-state index contributed by atoms with van der Waals surface area (Å²) in [6.45, 7) is -1.49. The van der Waals surface area contributed by atoms with Gasteiger partial charge in [0.1, 0.15) is 13.2 Å². The highest BCUT2D eigenvalue weighted by molar-refractivity contribution is 5.79. The van der Waals surface area contributed by atoms with Gasteiger partial charge >= 0.3 is 12.5 Å². The second kappa shape index (κ2) is 7.66. The number of ether oxygens (including phenoxy) is 2. The number of hydrogen-bond donors (Lipinski definition) is 1. The van der Waals surface area contributed by atoms with E-state index in [2.05, 4.69) is 25.3 Å². The van der Waals surface area contributed by atoms with Crippen LogP contribution < -0.4 is 5.32 Å². The Bertz CT molecular complexity index is 1050. The van der Waals surface area contributed by atoms with Gasteiger partial charge < -0.3 is 14.5 Å². The summed E-state index contributed by atoms with van der Waals surface area (Å²) in [4.78, 5) is 12.2. The topological polar surface area (TPSA) is 104 Å². The van der Waals surface area contributed by atoms with E-state index in [1.807, 2.05) is 0 Å². The molecule has 15 heteroatoms. The maximum Gasteiger partial charge on any atom is 0.522 e. The van der Waals surface area contributed by atoms with E-state index in [4.69, 9.17) is 9.15 Å². The molecule has 1 N–H and O–H groups in total. The van der Waals surface area contributed by atoms with Crippen LogP contribution in [0.2, 0.25) is 0 Å². The highest BCUT2D eigenvalue weighted by Gasteiger charge is 2.71. The third kappa shape index (κ3) is 4.62. The third-order valence-corrected chi connectivity index (χ3v) is 6.34. The molecule has 0 aromatic carbocycles. The van der Waals surface area contributed by atoms with Crippen LogP contribution in [0.4, 0.5) is 26.3 Å². The molecule has 0 radical (unpaired) electrons. The van der Waals surface area contributed by atoms with Crippen LogP contribution in [-0.4, -0.2) is 62.8 Å². The van der Waals surface area contributed by atoms with Gasteiger partial charge in [-0.1, -0.05) is 0 Å². The lowest BCUT2D eigenvalue weighted by Crippen LogP contribution is -2.77. The molecule has 4 aliphatic rings. The summed E-state index contributed by atoms with van der Waals surface area (Å²) < 4.78 is 89.4. The Morgan fingerprint density at radius 1 is 1.15 bits per heavy atom. The standard InChI is InChI=1S/C19H19F6N5O4/c20-18(21,22)9-30-4-10(3-26-30)14-28-29-15(33-14)16-6-17(7-16,8-16)27-13(31)5-32-11-1-12(2-11)34-19(23,24)25/h3-4,11-12H,1-2,5-9H2,(H,27,31)/t11-,12+,16?,17?. The number of halogens is 6. The summed E-state index contributed by atoms with van der Waals surface area (Å²) in [5.74, 6) is 0.0494. The van der Waals surface area contributed by atoms with Crippen LogP contribution >= 0.6 is 0 Å². The molecule has 34 heavy (non-hydrogen) atoms. The maximum absolute atomic E-state index is 12.5. The minimum Gasteiger partial charge on any atom is -0.420 e. The molecule has 9 nitrogen and oxygen atoms in total. The van der Waals surface area contributed by atoms with Crippen LogP contribution in [0.1, 0.15) is 38.0 Å². The first-order chi connectivity index (χ1) is 15.8. The monoisotopic (exact) mass is 495 g/mol. The largest absolute Gasteiger partial charge is 0.522 e. The molecule has 4 fully saturated rings. The van der Waals surface area contributed by atoms with Gasteiger partial charge in [0.25, 0.3) is 5.89 Å². The quantitative estimate of drug-likeness (QED) is 0.562. The van der Waals surface area contributed by atoms with Crippen molar-refractivity contribution in [3.63, 3.8) is 0 Å². The Kier molecular flexibility index (Phi) is 5.20. The molecular formula is C19H19F6N5O4. The fourth-order valence-electron chi connectivity index (χ4n) is 4.91. The van der Waals surface area contributed by atoms with E-state index in [1.165, 1.54) is 12.4 Å². The maximum atomic E-state index is 12.5. The van der Waals surface area contributed by atoms with Gasteiger partial charge in [-0.2, -0.15) is 18.3 Å². The fourth-order valence-corrected chi connectivity index (χ4v) is 4.91. The summed E-state index contributed by atoms with van der Waals surface area (Å²) >= 11 is 0. The lowest BCUT2D eigenvalue weighted by molar-refractivity contribution is -0.357. The number of amides is 1. The first kappa shape index (κ1) is 23.1. The second-order valence-electron chi connectivity index (χ2n) is 9.18. The Hall–Kier alpha value is -2.68. The smallest absolute Gasteiger partial charge is 0.420 e. The molecule has 0 saturated heterocycles. The number of carbonyl (C=O) groups excluding carboxylic acids is 1. The van der Waals surface area contributed by atoms with E-state index in [0.717, 1.165) is 4.68 Å². The normalized spacial score (nSPS) is 30.3. The number of alkyl halides is 6. The van der Waals surface area contributed by atoms with Crippen molar-refractivity contribution in [2.24, 2.45) is 0 Å². The number of nitrogens with one attached hydrogen (secondary N) is 1. The van der Waals surface area contributed by atoms with Crippen molar-refractivity contribution in [2.75, 3.05) is 6.61 Å². The lowest BCUT2D eigenvalue weighted by Gasteiger charge is -2.68. The van der Waals surface area contributed by atoms with Crippen molar-refractivity contribution in [3.8, 4) is 11.5 Å². The molecule has 6 rings (SSSR count). The summed E-state index contributed by atoms with van der Waals surface area (Å²) in [5.41, 5.74) is -0.542. The number of hydrogen-bond acceptors (Lipinski definition) is 7. The molecule has 0 unspecified atom stereocenters. The zero-order chi connectivity index (χ0) is 24.4. The van der Waals surface area contributed by atoms with Crippen molar-refractivity contribution in [1.29, 1.82) is 0 Å². The van der Waals surface area contributed by atoms with E-state index >= 15 is 0 Å². The highest BCUT2D eigenvalue weighted by Crippen LogP contribution is 2.67. The first-order valence-electron chi connectivity index (χ1n) is 10.4. The number of rotatable bonds is 8. The zero-order valence-electron chi connectivity index (χ0n) is 17.4. The third-order valence-electron chi connectivity index (χ3n) is 6.34. The predicted octanol–water partition coefficient (Wildman–Crippen LogP) is 2.87. The molecule has 2 aromatic heterocycles. The van der Waals surface area contributed by atoms with Gasteiger partial charge in [0, 0.05) is 24.6 Å². The van der Waals surface area contributed by atoms with Gasteiger partial charge in [-0.15, -0.1) is 23.4 Å². The van der Waals surface area contributed by atoms with Crippen molar-refractivity contribution in [3.05, 3.63) is 18.3 Å². The second-order valence-corrected chi connectivity index (χ2v) is 9.18. The SMILES string of the molecule is O=C(CO[C@H]1C[C@@H](OC(F)(F)F)C1)NC12CC(c3nnc(-c4cnn(CC(F)(F)F)c4)o3)(C1)C2. The molecule has 2 aromatic rings. The zero-order valence-corrected chi connectivity index (χ0v) is 17.4. The van der Waals surface area contributed by atoms with E-state index < -0.39 is 42.2 Å². The van der Waals surface area contributed by atoms with Crippen molar-refractivity contribution in [1.82, 2.24) is 25.3 Å². The summed E-state index contributed by atoms with van der Waals surface area (Å²) in [6, 6.07) is 0. The Morgan fingerprint density at radius 2 is 1.85 bits per heavy atom. The molecule has 0 atom stereocenters. The molecule has 2 heterocycles. The summed E-state index contributed by atoms with van der Waals surface area (Å²) in [6.07, 6.45) is -6.24. The average molecular weight is 495 g/mol. The van der Waals surface area contributed by atoms with Crippen LogP contribution in [-0.2, 0) is 26.2 Å². The van der Waals surface area contributed by atoms with Crippen LogP contribution in [0.15, 0.2) is 16.8 Å². The molecule has 1 amide bonds. The van der Waals surface area contributed by atoms with Crippen molar-refractivity contribution in [2.45, 2.75) is 74.3 Å². The molecule has 4 saturated carbocycles. The molecule has 186 valence electrons. The van der Waals surface area contributed by atoms with E-state index in [1.54, 1.807) is 0 Å². The Morgan fingerprint density at radius 3 is 2.50 bits per heavy atom. The van der Waals surface area contributed by atoms with Gasteiger partial charge in [0.2, 0.25) is 11.8 Å². The van der Waals surface area contributed by atoms with E-state index in [0.29, 0.717) is 25.2 Å².